The van der Waals surface area contributed by atoms with Crippen LogP contribution in [0.4, 0.5) is 0 Å². The number of nitrogens with zero attached hydrogens (tertiary/aromatic N) is 1. The van der Waals surface area contributed by atoms with Crippen LogP contribution in [0.25, 0.3) is 0 Å². The Morgan fingerprint density at radius 3 is 2.75 bits per heavy atom. The average Bonchev–Trinajstić information content (AvgIpc) is 2.78. The highest BCUT2D eigenvalue weighted by molar-refractivity contribution is 5.80. The highest BCUT2D eigenvalue weighted by atomic mass is 16.1. The minimum atomic E-state index is -0.450. The molecule has 0 heterocycles. The van der Waals surface area contributed by atoms with Crippen LogP contribution in [0.2, 0.25) is 0 Å². The molecule has 0 radical (unpaired) electrons. The molecule has 1 amide bonds. The van der Waals surface area contributed by atoms with Gasteiger partial charge in [-0.2, -0.15) is 5.26 Å². The van der Waals surface area contributed by atoms with E-state index in [2.05, 4.69) is 11.4 Å². The van der Waals surface area contributed by atoms with Gasteiger partial charge in [0.25, 0.3) is 0 Å². The van der Waals surface area contributed by atoms with Gasteiger partial charge in [-0.3, -0.25) is 4.79 Å². The minimum Gasteiger partial charge on any atom is -0.355 e. The lowest BCUT2D eigenvalue weighted by Gasteiger charge is -2.11. The van der Waals surface area contributed by atoms with E-state index in [0.717, 1.165) is 25.3 Å². The van der Waals surface area contributed by atoms with E-state index in [9.17, 15) is 4.79 Å². The second-order valence-corrected chi connectivity index (χ2v) is 4.70. The zero-order valence-corrected chi connectivity index (χ0v) is 10.2. The van der Waals surface area contributed by atoms with Crippen molar-refractivity contribution in [3.05, 3.63) is 0 Å². The van der Waals surface area contributed by atoms with Gasteiger partial charge in [-0.05, 0) is 18.8 Å². The van der Waals surface area contributed by atoms with Crippen molar-refractivity contribution in [1.82, 2.24) is 5.32 Å². The number of rotatable bonds is 6. The predicted molar refractivity (Wildman–Crippen MR) is 63.6 cm³/mol. The maximum absolute atomic E-state index is 11.6. The highest BCUT2D eigenvalue weighted by Crippen LogP contribution is 2.26. The first kappa shape index (κ1) is 13.0. The molecule has 0 aliphatic heterocycles. The molecule has 0 aromatic carbocycles. The van der Waals surface area contributed by atoms with Crippen molar-refractivity contribution in [3.8, 4) is 6.07 Å². The Hall–Kier alpha value is -1.04. The van der Waals surface area contributed by atoms with E-state index < -0.39 is 5.92 Å². The maximum Gasteiger partial charge on any atom is 0.237 e. The molecule has 90 valence electrons. The van der Waals surface area contributed by atoms with E-state index in [1.165, 1.54) is 25.7 Å². The number of hydrogen-bond donors (Lipinski definition) is 1. The molecule has 0 saturated heterocycles. The van der Waals surface area contributed by atoms with E-state index in [1.807, 2.05) is 6.92 Å². The lowest BCUT2D eigenvalue weighted by Crippen LogP contribution is -2.31. The third-order valence-corrected chi connectivity index (χ3v) is 3.38. The second-order valence-electron chi connectivity index (χ2n) is 4.70. The van der Waals surface area contributed by atoms with Gasteiger partial charge in [0.05, 0.1) is 6.07 Å². The molecule has 16 heavy (non-hydrogen) atoms. The fourth-order valence-corrected chi connectivity index (χ4v) is 2.36. The molecular weight excluding hydrogens is 200 g/mol. The van der Waals surface area contributed by atoms with Gasteiger partial charge in [0.15, 0.2) is 0 Å². The van der Waals surface area contributed by atoms with Gasteiger partial charge in [-0.25, -0.2) is 0 Å². The summed E-state index contributed by atoms with van der Waals surface area (Å²) in [5.74, 6) is 0.267. The maximum atomic E-state index is 11.6. The largest absolute Gasteiger partial charge is 0.355 e. The van der Waals surface area contributed by atoms with Crippen LogP contribution < -0.4 is 5.32 Å². The fraction of sp³-hybridized carbons (Fsp3) is 0.846. The Morgan fingerprint density at radius 2 is 2.19 bits per heavy atom. The highest BCUT2D eigenvalue weighted by Gasteiger charge is 2.18. The first-order valence-corrected chi connectivity index (χ1v) is 6.45. The van der Waals surface area contributed by atoms with Crippen molar-refractivity contribution in [2.24, 2.45) is 11.8 Å². The molecule has 3 nitrogen and oxygen atoms in total. The molecule has 0 aromatic heterocycles. The van der Waals surface area contributed by atoms with Gasteiger partial charge in [-0.15, -0.1) is 0 Å². The van der Waals surface area contributed by atoms with Crippen molar-refractivity contribution >= 4 is 5.91 Å². The number of carbonyl (C=O) groups excluding carboxylic acids is 1. The quantitative estimate of drug-likeness (QED) is 0.751. The molecule has 1 saturated carbocycles. The minimum absolute atomic E-state index is 0.0812. The monoisotopic (exact) mass is 222 g/mol. The summed E-state index contributed by atoms with van der Waals surface area (Å²) >= 11 is 0. The molecule has 1 fully saturated rings. The van der Waals surface area contributed by atoms with Gasteiger partial charge < -0.3 is 5.32 Å². The van der Waals surface area contributed by atoms with Crippen LogP contribution in [0, 0.1) is 23.2 Å². The molecule has 0 bridgehead atoms. The van der Waals surface area contributed by atoms with Gasteiger partial charge in [0.2, 0.25) is 5.91 Å². The smallest absolute Gasteiger partial charge is 0.237 e. The van der Waals surface area contributed by atoms with E-state index in [4.69, 9.17) is 5.26 Å². The van der Waals surface area contributed by atoms with Crippen molar-refractivity contribution in [3.63, 3.8) is 0 Å². The third kappa shape index (κ3) is 4.22. The van der Waals surface area contributed by atoms with Gasteiger partial charge in [0, 0.05) is 6.54 Å². The van der Waals surface area contributed by atoms with Crippen molar-refractivity contribution < 1.29 is 4.79 Å². The molecule has 1 atom stereocenters. The van der Waals surface area contributed by atoms with Crippen LogP contribution in [0.3, 0.4) is 0 Å². The van der Waals surface area contributed by atoms with E-state index >= 15 is 0 Å². The first-order valence-electron chi connectivity index (χ1n) is 6.45. The Balaban J connectivity index is 2.15. The standard InChI is InChI=1S/C13H22N2O/c1-2-5-12(10-14)13(16)15-9-8-11-6-3-4-7-11/h11-12H,2-9H2,1H3,(H,15,16). The summed E-state index contributed by atoms with van der Waals surface area (Å²) in [6.07, 6.45) is 7.94. The molecule has 1 aliphatic carbocycles. The Labute approximate surface area is 98.2 Å². The molecule has 1 unspecified atom stereocenters. The molecule has 3 heteroatoms. The summed E-state index contributed by atoms with van der Waals surface area (Å²) in [5.41, 5.74) is 0. The number of carbonyl (C=O) groups is 1. The lowest BCUT2D eigenvalue weighted by atomic mass is 10.0. The molecule has 1 aliphatic rings. The van der Waals surface area contributed by atoms with Gasteiger partial charge >= 0.3 is 0 Å². The Morgan fingerprint density at radius 1 is 1.50 bits per heavy atom. The summed E-state index contributed by atoms with van der Waals surface area (Å²) in [6, 6.07) is 2.07. The summed E-state index contributed by atoms with van der Waals surface area (Å²) in [7, 11) is 0. The van der Waals surface area contributed by atoms with Crippen LogP contribution in [0.15, 0.2) is 0 Å². The summed E-state index contributed by atoms with van der Waals surface area (Å²) < 4.78 is 0. The van der Waals surface area contributed by atoms with Crippen LogP contribution >= 0.6 is 0 Å². The van der Waals surface area contributed by atoms with Crippen molar-refractivity contribution in [2.75, 3.05) is 6.54 Å². The van der Waals surface area contributed by atoms with Crippen LogP contribution in [0.1, 0.15) is 51.9 Å². The van der Waals surface area contributed by atoms with Gasteiger partial charge in [-0.1, -0.05) is 39.0 Å². The van der Waals surface area contributed by atoms with Crippen molar-refractivity contribution in [1.29, 1.82) is 5.26 Å². The van der Waals surface area contributed by atoms with E-state index in [-0.39, 0.29) is 5.91 Å². The van der Waals surface area contributed by atoms with Crippen molar-refractivity contribution in [2.45, 2.75) is 51.9 Å². The average molecular weight is 222 g/mol. The van der Waals surface area contributed by atoms with Crippen LogP contribution in [-0.2, 0) is 4.79 Å². The van der Waals surface area contributed by atoms with E-state index in [0.29, 0.717) is 6.42 Å². The SMILES string of the molecule is CCCC(C#N)C(=O)NCCC1CCCC1. The molecule has 0 spiro atoms. The molecule has 0 aromatic rings. The summed E-state index contributed by atoms with van der Waals surface area (Å²) in [6.45, 7) is 2.74. The van der Waals surface area contributed by atoms with E-state index in [1.54, 1.807) is 0 Å². The molecule has 1 rings (SSSR count). The van der Waals surface area contributed by atoms with Crippen LogP contribution in [0.5, 0.6) is 0 Å². The van der Waals surface area contributed by atoms with Gasteiger partial charge in [0.1, 0.15) is 5.92 Å². The molecular formula is C13H22N2O. The Bertz CT molecular complexity index is 251. The number of nitrogens with one attached hydrogen (secondary N) is 1. The predicted octanol–water partition coefficient (Wildman–Crippen LogP) is 2.62. The topological polar surface area (TPSA) is 52.9 Å². The second kappa shape index (κ2) is 7.27. The zero-order valence-electron chi connectivity index (χ0n) is 10.2. The first-order chi connectivity index (χ1) is 7.77. The number of hydrogen-bond acceptors (Lipinski definition) is 2. The number of amides is 1. The zero-order chi connectivity index (χ0) is 11.8. The normalized spacial score (nSPS) is 18.0. The fourth-order valence-electron chi connectivity index (χ4n) is 2.36. The van der Waals surface area contributed by atoms with Crippen LogP contribution in [-0.4, -0.2) is 12.5 Å². The Kier molecular flexibility index (Phi) is 5.92. The third-order valence-electron chi connectivity index (χ3n) is 3.38. The number of nitriles is 1. The lowest BCUT2D eigenvalue weighted by molar-refractivity contribution is -0.123. The summed E-state index contributed by atoms with van der Waals surface area (Å²) in [5, 5.41) is 11.7. The summed E-state index contributed by atoms with van der Waals surface area (Å²) in [4.78, 5) is 11.6. The molecule has 1 N–H and O–H groups in total.